The Morgan fingerprint density at radius 1 is 1.62 bits per heavy atom. The van der Waals surface area contributed by atoms with Crippen molar-refractivity contribution in [2.45, 2.75) is 25.8 Å². The first-order chi connectivity index (χ1) is 7.65. The maximum atomic E-state index is 11.8. The standard InChI is InChI=1S/C10H18F2N2O2/c1-2-13-8-3-4-14(10(8)15)5-6-16-7-9(11)12/h8-9,13H,2-7H2,1H3. The molecule has 1 aliphatic heterocycles. The molecule has 1 saturated heterocycles. The Labute approximate surface area is 93.9 Å². The van der Waals surface area contributed by atoms with Gasteiger partial charge < -0.3 is 15.0 Å². The molecule has 1 aliphatic rings. The van der Waals surface area contributed by atoms with Crippen LogP contribution >= 0.6 is 0 Å². The summed E-state index contributed by atoms with van der Waals surface area (Å²) in [6.07, 6.45) is -1.66. The summed E-state index contributed by atoms with van der Waals surface area (Å²) in [7, 11) is 0. The zero-order chi connectivity index (χ0) is 12.0. The van der Waals surface area contributed by atoms with Crippen LogP contribution in [-0.4, -0.2) is 56.1 Å². The molecular weight excluding hydrogens is 218 g/mol. The van der Waals surface area contributed by atoms with Crippen LogP contribution in [0.5, 0.6) is 0 Å². The van der Waals surface area contributed by atoms with E-state index in [0.29, 0.717) is 13.1 Å². The molecule has 4 nitrogen and oxygen atoms in total. The van der Waals surface area contributed by atoms with Crippen molar-refractivity contribution in [1.29, 1.82) is 0 Å². The number of hydrogen-bond donors (Lipinski definition) is 1. The molecule has 0 radical (unpaired) electrons. The molecule has 0 saturated carbocycles. The smallest absolute Gasteiger partial charge is 0.261 e. The summed E-state index contributed by atoms with van der Waals surface area (Å²) < 4.78 is 28.3. The van der Waals surface area contributed by atoms with Crippen LogP contribution in [0, 0.1) is 0 Å². The van der Waals surface area contributed by atoms with Gasteiger partial charge in [0, 0.05) is 13.1 Å². The number of likely N-dealkylation sites (tertiary alicyclic amines) is 1. The van der Waals surface area contributed by atoms with Crippen molar-refractivity contribution in [1.82, 2.24) is 10.2 Å². The van der Waals surface area contributed by atoms with Gasteiger partial charge in [-0.3, -0.25) is 4.79 Å². The molecule has 0 aromatic rings. The molecule has 1 N–H and O–H groups in total. The number of carbonyl (C=O) groups excluding carboxylic acids is 1. The van der Waals surface area contributed by atoms with Gasteiger partial charge in [0.25, 0.3) is 6.43 Å². The minimum Gasteiger partial charge on any atom is -0.374 e. The first kappa shape index (κ1) is 13.3. The van der Waals surface area contributed by atoms with E-state index in [1.165, 1.54) is 0 Å². The molecule has 1 fully saturated rings. The van der Waals surface area contributed by atoms with E-state index in [4.69, 9.17) is 4.74 Å². The molecule has 0 aliphatic carbocycles. The van der Waals surface area contributed by atoms with E-state index in [1.54, 1.807) is 4.90 Å². The van der Waals surface area contributed by atoms with Crippen LogP contribution in [-0.2, 0) is 9.53 Å². The van der Waals surface area contributed by atoms with Gasteiger partial charge in [0.05, 0.1) is 12.6 Å². The highest BCUT2D eigenvalue weighted by atomic mass is 19.3. The van der Waals surface area contributed by atoms with E-state index < -0.39 is 13.0 Å². The minimum atomic E-state index is -2.44. The highest BCUT2D eigenvalue weighted by molar-refractivity contribution is 5.83. The van der Waals surface area contributed by atoms with Crippen LogP contribution < -0.4 is 5.32 Å². The van der Waals surface area contributed by atoms with Crippen molar-refractivity contribution in [2.24, 2.45) is 0 Å². The maximum Gasteiger partial charge on any atom is 0.261 e. The second kappa shape index (κ2) is 6.75. The van der Waals surface area contributed by atoms with Crippen LogP contribution in [0.1, 0.15) is 13.3 Å². The first-order valence-electron chi connectivity index (χ1n) is 5.53. The van der Waals surface area contributed by atoms with E-state index in [9.17, 15) is 13.6 Å². The Morgan fingerprint density at radius 2 is 2.38 bits per heavy atom. The van der Waals surface area contributed by atoms with Gasteiger partial charge >= 0.3 is 0 Å². The molecule has 1 heterocycles. The zero-order valence-electron chi connectivity index (χ0n) is 9.42. The molecule has 94 valence electrons. The van der Waals surface area contributed by atoms with Crippen LogP contribution in [0.3, 0.4) is 0 Å². The van der Waals surface area contributed by atoms with Crippen molar-refractivity contribution < 1.29 is 18.3 Å². The van der Waals surface area contributed by atoms with Crippen LogP contribution in [0.15, 0.2) is 0 Å². The molecule has 1 unspecified atom stereocenters. The molecule has 0 aromatic carbocycles. The number of hydrogen-bond acceptors (Lipinski definition) is 3. The lowest BCUT2D eigenvalue weighted by atomic mass is 10.2. The van der Waals surface area contributed by atoms with Crippen LogP contribution in [0.2, 0.25) is 0 Å². The molecule has 1 amide bonds. The summed E-state index contributed by atoms with van der Waals surface area (Å²) in [6.45, 7) is 3.39. The van der Waals surface area contributed by atoms with Gasteiger partial charge in [-0.15, -0.1) is 0 Å². The number of alkyl halides is 2. The second-order valence-electron chi connectivity index (χ2n) is 3.69. The third-order valence-electron chi connectivity index (χ3n) is 2.50. The molecule has 16 heavy (non-hydrogen) atoms. The van der Waals surface area contributed by atoms with Gasteiger partial charge in [-0.25, -0.2) is 8.78 Å². The van der Waals surface area contributed by atoms with Crippen LogP contribution in [0.4, 0.5) is 8.78 Å². The predicted molar refractivity (Wildman–Crippen MR) is 55.5 cm³/mol. The van der Waals surface area contributed by atoms with Crippen molar-refractivity contribution in [2.75, 3.05) is 32.8 Å². The summed E-state index contributed by atoms with van der Waals surface area (Å²) >= 11 is 0. The quantitative estimate of drug-likeness (QED) is 0.654. The number of nitrogens with zero attached hydrogens (tertiary/aromatic N) is 1. The Bertz CT molecular complexity index is 227. The number of carbonyl (C=O) groups is 1. The molecule has 0 bridgehead atoms. The van der Waals surface area contributed by atoms with Crippen molar-refractivity contribution in [3.63, 3.8) is 0 Å². The number of ether oxygens (including phenoxy) is 1. The fourth-order valence-corrected chi connectivity index (χ4v) is 1.74. The summed E-state index contributed by atoms with van der Waals surface area (Å²) in [5.41, 5.74) is 0. The molecular formula is C10H18F2N2O2. The first-order valence-corrected chi connectivity index (χ1v) is 5.53. The van der Waals surface area contributed by atoms with Crippen molar-refractivity contribution >= 4 is 5.91 Å². The van der Waals surface area contributed by atoms with Crippen molar-refractivity contribution in [3.05, 3.63) is 0 Å². The third-order valence-corrected chi connectivity index (χ3v) is 2.50. The van der Waals surface area contributed by atoms with Gasteiger partial charge in [-0.2, -0.15) is 0 Å². The average molecular weight is 236 g/mol. The molecule has 1 rings (SSSR count). The summed E-state index contributed by atoms with van der Waals surface area (Å²) in [4.78, 5) is 13.3. The fourth-order valence-electron chi connectivity index (χ4n) is 1.74. The number of rotatable bonds is 7. The second-order valence-corrected chi connectivity index (χ2v) is 3.69. The fraction of sp³-hybridized carbons (Fsp3) is 0.900. The third kappa shape index (κ3) is 4.02. The van der Waals surface area contributed by atoms with Crippen LogP contribution in [0.25, 0.3) is 0 Å². The number of halogens is 2. The van der Waals surface area contributed by atoms with E-state index in [2.05, 4.69) is 5.32 Å². The van der Waals surface area contributed by atoms with E-state index in [-0.39, 0.29) is 18.6 Å². The molecule has 1 atom stereocenters. The lowest BCUT2D eigenvalue weighted by Crippen LogP contribution is -2.39. The topological polar surface area (TPSA) is 41.6 Å². The Kier molecular flexibility index (Phi) is 5.62. The van der Waals surface area contributed by atoms with E-state index >= 15 is 0 Å². The Balaban J connectivity index is 2.16. The van der Waals surface area contributed by atoms with Gasteiger partial charge in [-0.1, -0.05) is 6.92 Å². The monoisotopic (exact) mass is 236 g/mol. The molecule has 0 aromatic heterocycles. The highest BCUT2D eigenvalue weighted by Gasteiger charge is 2.30. The molecule has 0 spiro atoms. The van der Waals surface area contributed by atoms with Gasteiger partial charge in [0.15, 0.2) is 0 Å². The number of nitrogens with one attached hydrogen (secondary N) is 1. The lowest BCUT2D eigenvalue weighted by Gasteiger charge is -2.16. The maximum absolute atomic E-state index is 11.8. The molecule has 6 heteroatoms. The highest BCUT2D eigenvalue weighted by Crippen LogP contribution is 2.10. The minimum absolute atomic E-state index is 0.0440. The zero-order valence-corrected chi connectivity index (χ0v) is 9.42. The summed E-state index contributed by atoms with van der Waals surface area (Å²) in [5, 5.41) is 3.08. The van der Waals surface area contributed by atoms with Gasteiger partial charge in [-0.05, 0) is 13.0 Å². The SMILES string of the molecule is CCNC1CCN(CCOCC(F)F)C1=O. The summed E-state index contributed by atoms with van der Waals surface area (Å²) in [5.74, 6) is 0.0440. The van der Waals surface area contributed by atoms with Crippen molar-refractivity contribution in [3.8, 4) is 0 Å². The van der Waals surface area contributed by atoms with Gasteiger partial charge in [0.1, 0.15) is 6.61 Å². The lowest BCUT2D eigenvalue weighted by molar-refractivity contribution is -0.130. The van der Waals surface area contributed by atoms with Gasteiger partial charge in [0.2, 0.25) is 5.91 Å². The Morgan fingerprint density at radius 3 is 3.00 bits per heavy atom. The summed E-state index contributed by atoms with van der Waals surface area (Å²) in [6, 6.07) is -0.111. The van der Waals surface area contributed by atoms with E-state index in [1.807, 2.05) is 6.92 Å². The Hall–Kier alpha value is -0.750. The van der Waals surface area contributed by atoms with E-state index in [0.717, 1.165) is 13.0 Å². The predicted octanol–water partition coefficient (Wildman–Crippen LogP) is 0.478. The number of likely N-dealkylation sites (N-methyl/N-ethyl adjacent to an activating group) is 1. The average Bonchev–Trinajstić information content (AvgIpc) is 2.57. The normalized spacial score (nSPS) is 21.1. The largest absolute Gasteiger partial charge is 0.374 e. The number of amides is 1.